The molecule has 0 heterocycles. The zero-order chi connectivity index (χ0) is 12.8. The van der Waals surface area contributed by atoms with Gasteiger partial charge in [0, 0.05) is 6.54 Å². The highest BCUT2D eigenvalue weighted by molar-refractivity contribution is 5.75. The molecular formula is C11H18N2O3. The number of carboxylic acid groups (broad SMARTS) is 1. The quantitative estimate of drug-likeness (QED) is 0.607. The summed E-state index contributed by atoms with van der Waals surface area (Å²) in [6.07, 6.45) is 5.59. The van der Waals surface area contributed by atoms with E-state index in [2.05, 4.69) is 16.6 Å². The molecule has 90 valence electrons. The highest BCUT2D eigenvalue weighted by atomic mass is 16.4. The van der Waals surface area contributed by atoms with Crippen LogP contribution in [0.4, 0.5) is 4.79 Å². The van der Waals surface area contributed by atoms with Gasteiger partial charge in [-0.25, -0.2) is 4.79 Å². The summed E-state index contributed by atoms with van der Waals surface area (Å²) in [5.41, 5.74) is -0.706. The van der Waals surface area contributed by atoms with Crippen LogP contribution in [-0.4, -0.2) is 29.2 Å². The number of hydrogen-bond donors (Lipinski definition) is 3. The molecule has 0 bridgehead atoms. The van der Waals surface area contributed by atoms with E-state index in [-0.39, 0.29) is 6.03 Å². The lowest BCUT2D eigenvalue weighted by Crippen LogP contribution is -2.47. The normalized spacial score (nSPS) is 12.4. The van der Waals surface area contributed by atoms with E-state index in [9.17, 15) is 9.59 Å². The average Bonchev–Trinajstić information content (AvgIpc) is 2.16. The Labute approximate surface area is 95.6 Å². The van der Waals surface area contributed by atoms with Gasteiger partial charge in [-0.3, -0.25) is 4.79 Å². The van der Waals surface area contributed by atoms with Gasteiger partial charge in [0.25, 0.3) is 0 Å². The fourth-order valence-corrected chi connectivity index (χ4v) is 0.890. The van der Waals surface area contributed by atoms with Gasteiger partial charge in [0.2, 0.25) is 0 Å². The smallest absolute Gasteiger partial charge is 0.315 e. The van der Waals surface area contributed by atoms with Crippen LogP contribution in [0.25, 0.3) is 0 Å². The van der Waals surface area contributed by atoms with Gasteiger partial charge in [-0.1, -0.05) is 12.8 Å². The number of hydrogen-bond acceptors (Lipinski definition) is 2. The van der Waals surface area contributed by atoms with Crippen molar-refractivity contribution in [2.75, 3.05) is 6.54 Å². The Bertz CT molecular complexity index is 305. The molecule has 3 N–H and O–H groups in total. The standard InChI is InChI=1S/C11H18N2O3/c1-5-11(3,4)13-10(16)12-7-6-8(2)9(14)15/h1,8H,6-7H2,2-4H3,(H,14,15)(H2,12,13,16). The summed E-state index contributed by atoms with van der Waals surface area (Å²) in [6.45, 7) is 5.30. The van der Waals surface area contributed by atoms with Crippen LogP contribution in [0.3, 0.4) is 0 Å². The van der Waals surface area contributed by atoms with Gasteiger partial charge in [-0.15, -0.1) is 6.42 Å². The predicted molar refractivity (Wildman–Crippen MR) is 60.9 cm³/mol. The van der Waals surface area contributed by atoms with Gasteiger partial charge < -0.3 is 15.7 Å². The Morgan fingerprint density at radius 3 is 2.50 bits per heavy atom. The molecule has 5 heteroatoms. The first kappa shape index (κ1) is 14.3. The summed E-state index contributed by atoms with van der Waals surface area (Å²) >= 11 is 0. The van der Waals surface area contributed by atoms with Crippen molar-refractivity contribution in [1.82, 2.24) is 10.6 Å². The van der Waals surface area contributed by atoms with E-state index >= 15 is 0 Å². The minimum absolute atomic E-state index is 0.306. The highest BCUT2D eigenvalue weighted by Gasteiger charge is 2.17. The number of nitrogens with one attached hydrogen (secondary N) is 2. The van der Waals surface area contributed by atoms with Crippen LogP contribution in [-0.2, 0) is 4.79 Å². The third kappa shape index (κ3) is 5.91. The van der Waals surface area contributed by atoms with Gasteiger partial charge in [-0.2, -0.15) is 0 Å². The van der Waals surface area contributed by atoms with Crippen molar-refractivity contribution in [1.29, 1.82) is 0 Å². The zero-order valence-electron chi connectivity index (χ0n) is 9.83. The molecular weight excluding hydrogens is 208 g/mol. The SMILES string of the molecule is C#CC(C)(C)NC(=O)NCCC(C)C(=O)O. The number of rotatable bonds is 5. The number of amides is 2. The van der Waals surface area contributed by atoms with E-state index < -0.39 is 17.4 Å². The summed E-state index contributed by atoms with van der Waals surface area (Å²) < 4.78 is 0. The summed E-state index contributed by atoms with van der Waals surface area (Å²) in [6, 6.07) is -0.388. The van der Waals surface area contributed by atoms with Crippen molar-refractivity contribution in [2.24, 2.45) is 5.92 Å². The Balaban J connectivity index is 3.84. The van der Waals surface area contributed by atoms with E-state index in [1.54, 1.807) is 20.8 Å². The minimum atomic E-state index is -0.869. The van der Waals surface area contributed by atoms with Crippen LogP contribution < -0.4 is 10.6 Å². The lowest BCUT2D eigenvalue weighted by Gasteiger charge is -2.20. The number of carboxylic acids is 1. The number of aliphatic carboxylic acids is 1. The fraction of sp³-hybridized carbons (Fsp3) is 0.636. The fourth-order valence-electron chi connectivity index (χ4n) is 0.890. The van der Waals surface area contributed by atoms with Crippen LogP contribution in [0.2, 0.25) is 0 Å². The first-order valence-corrected chi connectivity index (χ1v) is 5.05. The molecule has 0 fully saturated rings. The lowest BCUT2D eigenvalue weighted by molar-refractivity contribution is -0.141. The monoisotopic (exact) mass is 226 g/mol. The molecule has 0 aliphatic heterocycles. The predicted octanol–water partition coefficient (Wildman–Crippen LogP) is 0.808. The second-order valence-electron chi connectivity index (χ2n) is 4.18. The van der Waals surface area contributed by atoms with Gasteiger partial charge in [0.05, 0.1) is 11.5 Å². The maximum atomic E-state index is 11.3. The topological polar surface area (TPSA) is 78.4 Å². The third-order valence-electron chi connectivity index (χ3n) is 2.07. The van der Waals surface area contributed by atoms with Crippen LogP contribution in [0.15, 0.2) is 0 Å². The van der Waals surface area contributed by atoms with E-state index in [0.717, 1.165) is 0 Å². The number of carbonyl (C=O) groups is 2. The maximum Gasteiger partial charge on any atom is 0.315 e. The van der Waals surface area contributed by atoms with E-state index in [4.69, 9.17) is 11.5 Å². The molecule has 1 unspecified atom stereocenters. The maximum absolute atomic E-state index is 11.3. The Morgan fingerprint density at radius 2 is 2.06 bits per heavy atom. The first-order valence-electron chi connectivity index (χ1n) is 5.05. The van der Waals surface area contributed by atoms with E-state index in [1.165, 1.54) is 0 Å². The molecule has 0 aromatic heterocycles. The zero-order valence-corrected chi connectivity index (χ0v) is 9.83. The second-order valence-corrected chi connectivity index (χ2v) is 4.18. The Hall–Kier alpha value is -1.70. The Morgan fingerprint density at radius 1 is 1.50 bits per heavy atom. The van der Waals surface area contributed by atoms with Crippen molar-refractivity contribution < 1.29 is 14.7 Å². The highest BCUT2D eigenvalue weighted by Crippen LogP contribution is 2.00. The summed E-state index contributed by atoms with van der Waals surface area (Å²) in [5, 5.41) is 13.7. The average molecular weight is 226 g/mol. The van der Waals surface area contributed by atoms with Crippen molar-refractivity contribution in [3.05, 3.63) is 0 Å². The van der Waals surface area contributed by atoms with Gasteiger partial charge >= 0.3 is 12.0 Å². The van der Waals surface area contributed by atoms with Crippen LogP contribution in [0.5, 0.6) is 0 Å². The summed E-state index contributed by atoms with van der Waals surface area (Å²) in [4.78, 5) is 21.8. The molecule has 0 aromatic rings. The molecule has 0 saturated heterocycles. The summed E-state index contributed by atoms with van der Waals surface area (Å²) in [5.74, 6) is 1.08. The minimum Gasteiger partial charge on any atom is -0.481 e. The third-order valence-corrected chi connectivity index (χ3v) is 2.07. The van der Waals surface area contributed by atoms with Crippen LogP contribution in [0.1, 0.15) is 27.2 Å². The van der Waals surface area contributed by atoms with Crippen molar-refractivity contribution in [3.8, 4) is 12.3 Å². The molecule has 0 radical (unpaired) electrons. The molecule has 2 amide bonds. The lowest BCUT2D eigenvalue weighted by atomic mass is 10.1. The van der Waals surface area contributed by atoms with Crippen molar-refractivity contribution in [3.63, 3.8) is 0 Å². The first-order chi connectivity index (χ1) is 7.28. The molecule has 0 rings (SSSR count). The molecule has 0 aliphatic rings. The number of urea groups is 1. The summed E-state index contributed by atoms with van der Waals surface area (Å²) in [7, 11) is 0. The van der Waals surface area contributed by atoms with Gasteiger partial charge in [0.1, 0.15) is 0 Å². The molecule has 5 nitrogen and oxygen atoms in total. The second kappa shape index (κ2) is 6.01. The van der Waals surface area contributed by atoms with Crippen molar-refractivity contribution >= 4 is 12.0 Å². The molecule has 0 aliphatic carbocycles. The van der Waals surface area contributed by atoms with Gasteiger partial charge in [-0.05, 0) is 20.3 Å². The van der Waals surface area contributed by atoms with Crippen molar-refractivity contribution in [2.45, 2.75) is 32.7 Å². The largest absolute Gasteiger partial charge is 0.481 e. The van der Waals surface area contributed by atoms with Crippen LogP contribution >= 0.6 is 0 Å². The Kier molecular flexibility index (Phi) is 5.37. The number of carbonyl (C=O) groups excluding carboxylic acids is 1. The van der Waals surface area contributed by atoms with E-state index in [0.29, 0.717) is 13.0 Å². The molecule has 16 heavy (non-hydrogen) atoms. The van der Waals surface area contributed by atoms with E-state index in [1.807, 2.05) is 0 Å². The molecule has 1 atom stereocenters. The molecule has 0 saturated carbocycles. The molecule has 0 aromatic carbocycles. The molecule has 0 spiro atoms. The van der Waals surface area contributed by atoms with Crippen LogP contribution in [0, 0.1) is 18.3 Å². The number of terminal acetylenes is 1. The van der Waals surface area contributed by atoms with Gasteiger partial charge in [0.15, 0.2) is 0 Å².